The molecule has 0 saturated carbocycles. The lowest BCUT2D eigenvalue weighted by atomic mass is 10.3. The van der Waals surface area contributed by atoms with Crippen LogP contribution in [0.25, 0.3) is 0 Å². The summed E-state index contributed by atoms with van der Waals surface area (Å²) in [7, 11) is 1.95. The van der Waals surface area contributed by atoms with Gasteiger partial charge in [0.25, 0.3) is 0 Å². The standard InChI is InChI=1S/C13H14N4S2/c1-9-4-5-11(19-9)8-17(2)12-10(6-14)7-15-13(16-12)18-3/h4-5,7H,8H2,1-3H3. The van der Waals surface area contributed by atoms with Gasteiger partial charge in [-0.2, -0.15) is 5.26 Å². The van der Waals surface area contributed by atoms with Crippen LogP contribution < -0.4 is 4.90 Å². The van der Waals surface area contributed by atoms with Crippen molar-refractivity contribution in [3.8, 4) is 6.07 Å². The fraction of sp³-hybridized carbons (Fsp3) is 0.308. The first-order valence-corrected chi connectivity index (χ1v) is 7.75. The Balaban J connectivity index is 2.27. The second-order valence-electron chi connectivity index (χ2n) is 4.07. The molecule has 2 aromatic heterocycles. The van der Waals surface area contributed by atoms with E-state index in [0.717, 1.165) is 6.54 Å². The van der Waals surface area contributed by atoms with Gasteiger partial charge in [0.1, 0.15) is 11.6 Å². The minimum absolute atomic E-state index is 0.508. The van der Waals surface area contributed by atoms with Crippen LogP contribution in [0.15, 0.2) is 23.5 Å². The second-order valence-corrected chi connectivity index (χ2v) is 6.22. The molecule has 19 heavy (non-hydrogen) atoms. The first-order valence-electron chi connectivity index (χ1n) is 5.71. The Hall–Kier alpha value is -1.58. The van der Waals surface area contributed by atoms with Crippen molar-refractivity contribution >= 4 is 28.9 Å². The van der Waals surface area contributed by atoms with E-state index in [-0.39, 0.29) is 0 Å². The molecule has 0 unspecified atom stereocenters. The van der Waals surface area contributed by atoms with Crippen molar-refractivity contribution in [1.29, 1.82) is 5.26 Å². The van der Waals surface area contributed by atoms with Crippen molar-refractivity contribution in [2.75, 3.05) is 18.2 Å². The van der Waals surface area contributed by atoms with Crippen LogP contribution in [0, 0.1) is 18.3 Å². The minimum Gasteiger partial charge on any atom is -0.353 e. The molecule has 0 N–H and O–H groups in total. The number of aromatic nitrogens is 2. The molecular formula is C13H14N4S2. The molecule has 0 aromatic carbocycles. The van der Waals surface area contributed by atoms with E-state index in [1.807, 2.05) is 18.2 Å². The average Bonchev–Trinajstić information content (AvgIpc) is 2.83. The van der Waals surface area contributed by atoms with Gasteiger partial charge in [0, 0.05) is 16.8 Å². The molecule has 0 saturated heterocycles. The Morgan fingerprint density at radius 1 is 1.47 bits per heavy atom. The molecule has 2 heterocycles. The number of hydrogen-bond donors (Lipinski definition) is 0. The summed E-state index contributed by atoms with van der Waals surface area (Å²) >= 11 is 3.24. The van der Waals surface area contributed by atoms with Gasteiger partial charge >= 0.3 is 0 Å². The van der Waals surface area contributed by atoms with Crippen molar-refractivity contribution in [1.82, 2.24) is 9.97 Å². The van der Waals surface area contributed by atoms with Gasteiger partial charge in [-0.3, -0.25) is 0 Å². The maximum atomic E-state index is 9.14. The van der Waals surface area contributed by atoms with Crippen LogP contribution in [0.5, 0.6) is 0 Å². The zero-order valence-electron chi connectivity index (χ0n) is 11.0. The van der Waals surface area contributed by atoms with E-state index in [1.54, 1.807) is 17.5 Å². The van der Waals surface area contributed by atoms with E-state index in [2.05, 4.69) is 35.1 Å². The highest BCUT2D eigenvalue weighted by atomic mass is 32.2. The molecule has 0 aliphatic rings. The summed E-state index contributed by atoms with van der Waals surface area (Å²) in [5.74, 6) is 0.688. The maximum absolute atomic E-state index is 9.14. The summed E-state index contributed by atoms with van der Waals surface area (Å²) < 4.78 is 0. The van der Waals surface area contributed by atoms with E-state index >= 15 is 0 Å². The summed E-state index contributed by atoms with van der Waals surface area (Å²) in [6.07, 6.45) is 3.51. The number of nitriles is 1. The third kappa shape index (κ3) is 3.25. The molecule has 0 aliphatic heterocycles. The smallest absolute Gasteiger partial charge is 0.189 e. The van der Waals surface area contributed by atoms with Gasteiger partial charge in [-0.1, -0.05) is 11.8 Å². The Morgan fingerprint density at radius 2 is 2.26 bits per heavy atom. The molecule has 98 valence electrons. The summed E-state index contributed by atoms with van der Waals surface area (Å²) in [4.78, 5) is 13.1. The SMILES string of the molecule is CSc1ncc(C#N)c(N(C)Cc2ccc(C)s2)n1. The maximum Gasteiger partial charge on any atom is 0.189 e. The van der Waals surface area contributed by atoms with Gasteiger partial charge in [0.2, 0.25) is 0 Å². The van der Waals surface area contributed by atoms with E-state index in [1.165, 1.54) is 21.5 Å². The predicted octanol–water partition coefficient (Wildman–Crippen LogP) is 3.08. The van der Waals surface area contributed by atoms with E-state index in [4.69, 9.17) is 5.26 Å². The average molecular weight is 290 g/mol. The largest absolute Gasteiger partial charge is 0.353 e. The third-order valence-corrected chi connectivity index (χ3v) is 4.15. The molecule has 2 rings (SSSR count). The first kappa shape index (κ1) is 13.8. The van der Waals surface area contributed by atoms with Crippen LogP contribution in [-0.2, 0) is 6.54 Å². The van der Waals surface area contributed by atoms with Crippen molar-refractivity contribution < 1.29 is 0 Å². The zero-order valence-corrected chi connectivity index (χ0v) is 12.7. The van der Waals surface area contributed by atoms with Crippen LogP contribution in [0.4, 0.5) is 5.82 Å². The lowest BCUT2D eigenvalue weighted by Crippen LogP contribution is -2.18. The van der Waals surface area contributed by atoms with Gasteiger partial charge in [0.15, 0.2) is 11.0 Å². The first-order chi connectivity index (χ1) is 9.13. The third-order valence-electron chi connectivity index (χ3n) is 2.60. The molecule has 0 spiro atoms. The summed E-state index contributed by atoms with van der Waals surface area (Å²) in [5.41, 5.74) is 0.508. The fourth-order valence-corrected chi connectivity index (χ4v) is 2.98. The monoisotopic (exact) mass is 290 g/mol. The Bertz CT molecular complexity index is 615. The molecule has 0 fully saturated rings. The molecule has 0 radical (unpaired) electrons. The lowest BCUT2D eigenvalue weighted by molar-refractivity contribution is 0.860. The number of rotatable bonds is 4. The normalized spacial score (nSPS) is 10.2. The van der Waals surface area contributed by atoms with Gasteiger partial charge in [-0.05, 0) is 25.3 Å². The van der Waals surface area contributed by atoms with E-state index in [9.17, 15) is 0 Å². The zero-order chi connectivity index (χ0) is 13.8. The molecular weight excluding hydrogens is 276 g/mol. The molecule has 0 atom stereocenters. The van der Waals surface area contributed by atoms with Crippen LogP contribution >= 0.6 is 23.1 Å². The quantitative estimate of drug-likeness (QED) is 0.640. The Labute approximate surface area is 121 Å². The van der Waals surface area contributed by atoms with Crippen molar-refractivity contribution in [3.05, 3.63) is 33.6 Å². The number of hydrogen-bond acceptors (Lipinski definition) is 6. The number of aryl methyl sites for hydroxylation is 1. The summed E-state index contributed by atoms with van der Waals surface area (Å²) in [6, 6.07) is 6.36. The summed E-state index contributed by atoms with van der Waals surface area (Å²) in [5, 5.41) is 9.82. The minimum atomic E-state index is 0.508. The van der Waals surface area contributed by atoms with Gasteiger partial charge in [-0.15, -0.1) is 11.3 Å². The van der Waals surface area contributed by atoms with E-state index < -0.39 is 0 Å². The van der Waals surface area contributed by atoms with Crippen molar-refractivity contribution in [2.24, 2.45) is 0 Å². The molecule has 2 aromatic rings. The molecule has 0 aliphatic carbocycles. The Morgan fingerprint density at radius 3 is 2.84 bits per heavy atom. The van der Waals surface area contributed by atoms with Gasteiger partial charge in [0.05, 0.1) is 12.7 Å². The molecule has 4 nitrogen and oxygen atoms in total. The molecule has 6 heteroatoms. The summed E-state index contributed by atoms with van der Waals surface area (Å²) in [6.45, 7) is 2.84. The molecule has 0 bridgehead atoms. The number of nitrogens with zero attached hydrogens (tertiary/aromatic N) is 4. The fourth-order valence-electron chi connectivity index (χ4n) is 1.70. The molecule has 0 amide bonds. The van der Waals surface area contributed by atoms with E-state index in [0.29, 0.717) is 16.5 Å². The lowest BCUT2D eigenvalue weighted by Gasteiger charge is -2.18. The van der Waals surface area contributed by atoms with Gasteiger partial charge in [-0.25, -0.2) is 9.97 Å². The highest BCUT2D eigenvalue weighted by molar-refractivity contribution is 7.98. The highest BCUT2D eigenvalue weighted by Gasteiger charge is 2.12. The van der Waals surface area contributed by atoms with Crippen molar-refractivity contribution in [2.45, 2.75) is 18.6 Å². The number of thioether (sulfide) groups is 1. The Kier molecular flexibility index (Phi) is 4.40. The topological polar surface area (TPSA) is 52.8 Å². The second kappa shape index (κ2) is 6.04. The van der Waals surface area contributed by atoms with Crippen LogP contribution in [0.1, 0.15) is 15.3 Å². The van der Waals surface area contributed by atoms with Crippen molar-refractivity contribution in [3.63, 3.8) is 0 Å². The number of anilines is 1. The number of thiophene rings is 1. The van der Waals surface area contributed by atoms with Crippen LogP contribution in [-0.4, -0.2) is 23.3 Å². The predicted molar refractivity (Wildman–Crippen MR) is 79.7 cm³/mol. The highest BCUT2D eigenvalue weighted by Crippen LogP contribution is 2.23. The van der Waals surface area contributed by atoms with Crippen LogP contribution in [0.3, 0.4) is 0 Å². The van der Waals surface area contributed by atoms with Crippen LogP contribution in [0.2, 0.25) is 0 Å². The van der Waals surface area contributed by atoms with Gasteiger partial charge < -0.3 is 4.90 Å².